The van der Waals surface area contributed by atoms with Crippen LogP contribution in [0.1, 0.15) is 0 Å². The van der Waals surface area contributed by atoms with Crippen LogP contribution in [0.15, 0.2) is 273 Å². The molecule has 0 saturated heterocycles. The van der Waals surface area contributed by atoms with Gasteiger partial charge in [0, 0.05) is 16.8 Å². The van der Waals surface area contributed by atoms with Gasteiger partial charge in [0.25, 0.3) is 0 Å². The third-order valence-electron chi connectivity index (χ3n) is 13.3. The summed E-state index contributed by atoms with van der Waals surface area (Å²) in [4.78, 5) is 2.40. The molecular weight excluding hydrogens is 807 g/mol. The first-order valence-electron chi connectivity index (χ1n) is 23.1. The van der Waals surface area contributed by atoms with Gasteiger partial charge in [0.15, 0.2) is 0 Å². The van der Waals surface area contributed by atoms with E-state index in [9.17, 15) is 0 Å². The number of rotatable bonds is 9. The van der Waals surface area contributed by atoms with Gasteiger partial charge >= 0.3 is 0 Å². The van der Waals surface area contributed by atoms with Crippen molar-refractivity contribution in [2.75, 3.05) is 4.90 Å². The number of benzene rings is 12. The minimum atomic E-state index is 1.09. The lowest BCUT2D eigenvalue weighted by Gasteiger charge is -2.27. The summed E-state index contributed by atoms with van der Waals surface area (Å²) in [7, 11) is 0. The molecule has 0 radical (unpaired) electrons. The lowest BCUT2D eigenvalue weighted by Crippen LogP contribution is -2.10. The highest BCUT2D eigenvalue weighted by atomic mass is 15.1. The van der Waals surface area contributed by atoms with Crippen LogP contribution in [0.25, 0.3) is 99.1 Å². The molecule has 0 bridgehead atoms. The van der Waals surface area contributed by atoms with E-state index in [1.807, 2.05) is 0 Å². The van der Waals surface area contributed by atoms with Gasteiger partial charge in [-0.05, 0) is 130 Å². The minimum absolute atomic E-state index is 1.09. The van der Waals surface area contributed by atoms with E-state index >= 15 is 0 Å². The van der Waals surface area contributed by atoms with Gasteiger partial charge in [-0.15, -0.1) is 0 Å². The predicted octanol–water partition coefficient (Wildman–Crippen LogP) is 18.6. The Kier molecular flexibility index (Phi) is 10.3. The normalized spacial score (nSPS) is 11.3. The molecule has 67 heavy (non-hydrogen) atoms. The summed E-state index contributed by atoms with van der Waals surface area (Å²) in [6, 6.07) is 99.5. The van der Waals surface area contributed by atoms with Crippen LogP contribution in [-0.2, 0) is 0 Å². The standard InChI is InChI=1S/C66H45N/c1-5-21-50(22-6-1)63-60-44-39-54(45-61(60)64(51-23-7-2-8-24-51)66(53-27-11-4-12-28-53)65(63)52-25-9-3-10-26-52)46-35-40-55(41-36-46)67(62-34-18-30-48-20-14-16-32-59(48)62)56-42-37-49(38-43-56)58-33-17-29-47-19-13-15-31-57(47)58/h1-45H. The van der Waals surface area contributed by atoms with E-state index in [4.69, 9.17) is 0 Å². The molecule has 12 aromatic rings. The van der Waals surface area contributed by atoms with Crippen molar-refractivity contribution in [2.24, 2.45) is 0 Å². The van der Waals surface area contributed by atoms with E-state index < -0.39 is 0 Å². The zero-order valence-corrected chi connectivity index (χ0v) is 36.9. The average molecular weight is 852 g/mol. The Bertz CT molecular complexity index is 3680. The molecule has 0 N–H and O–H groups in total. The van der Waals surface area contributed by atoms with Crippen LogP contribution >= 0.6 is 0 Å². The van der Waals surface area contributed by atoms with E-state index in [0.717, 1.165) is 28.2 Å². The maximum atomic E-state index is 2.43. The molecule has 0 atom stereocenters. The molecule has 0 spiro atoms. The number of hydrogen-bond acceptors (Lipinski definition) is 1. The summed E-state index contributed by atoms with van der Waals surface area (Å²) in [6.45, 7) is 0. The number of fused-ring (bicyclic) bond motifs is 3. The van der Waals surface area contributed by atoms with Crippen molar-refractivity contribution in [2.45, 2.75) is 0 Å². The Morgan fingerprint density at radius 2 is 0.612 bits per heavy atom. The van der Waals surface area contributed by atoms with Crippen LogP contribution in [0, 0.1) is 0 Å². The van der Waals surface area contributed by atoms with Crippen molar-refractivity contribution in [1.29, 1.82) is 0 Å². The monoisotopic (exact) mass is 851 g/mol. The van der Waals surface area contributed by atoms with Crippen molar-refractivity contribution in [3.8, 4) is 66.8 Å². The molecule has 0 amide bonds. The molecular formula is C66H45N. The highest BCUT2D eigenvalue weighted by Gasteiger charge is 2.25. The van der Waals surface area contributed by atoms with E-state index in [0.29, 0.717) is 0 Å². The highest BCUT2D eigenvalue weighted by Crippen LogP contribution is 2.51. The zero-order chi connectivity index (χ0) is 44.5. The second kappa shape index (κ2) is 17.3. The zero-order valence-electron chi connectivity index (χ0n) is 36.9. The molecule has 0 saturated carbocycles. The molecule has 0 heterocycles. The summed E-state index contributed by atoms with van der Waals surface area (Å²) in [5.41, 5.74) is 17.8. The molecule has 0 unspecified atom stereocenters. The largest absolute Gasteiger partial charge is 0.310 e. The van der Waals surface area contributed by atoms with E-state index in [-0.39, 0.29) is 0 Å². The van der Waals surface area contributed by atoms with E-state index in [2.05, 4.69) is 278 Å². The Morgan fingerprint density at radius 1 is 0.209 bits per heavy atom. The van der Waals surface area contributed by atoms with Crippen molar-refractivity contribution < 1.29 is 0 Å². The molecule has 314 valence electrons. The van der Waals surface area contributed by atoms with Crippen molar-refractivity contribution >= 4 is 49.4 Å². The number of anilines is 3. The van der Waals surface area contributed by atoms with Gasteiger partial charge in [0.05, 0.1) is 5.69 Å². The highest BCUT2D eigenvalue weighted by molar-refractivity contribution is 6.19. The average Bonchev–Trinajstić information content (AvgIpc) is 3.41. The Balaban J connectivity index is 1.04. The first-order chi connectivity index (χ1) is 33.3. The van der Waals surface area contributed by atoms with Gasteiger partial charge in [0.1, 0.15) is 0 Å². The maximum Gasteiger partial charge on any atom is 0.0540 e. The second-order valence-electron chi connectivity index (χ2n) is 17.2. The van der Waals surface area contributed by atoms with Gasteiger partial charge in [0.2, 0.25) is 0 Å². The lowest BCUT2D eigenvalue weighted by atomic mass is 9.78. The van der Waals surface area contributed by atoms with Crippen LogP contribution in [0.2, 0.25) is 0 Å². The van der Waals surface area contributed by atoms with Crippen LogP contribution in [0.3, 0.4) is 0 Å². The molecule has 0 aliphatic heterocycles. The van der Waals surface area contributed by atoms with Crippen molar-refractivity contribution in [3.05, 3.63) is 273 Å². The summed E-state index contributed by atoms with van der Waals surface area (Å²) >= 11 is 0. The van der Waals surface area contributed by atoms with Gasteiger partial charge in [-0.25, -0.2) is 0 Å². The third-order valence-corrected chi connectivity index (χ3v) is 13.3. The van der Waals surface area contributed by atoms with Gasteiger partial charge in [-0.1, -0.05) is 237 Å². The van der Waals surface area contributed by atoms with E-state index in [1.165, 1.54) is 88.0 Å². The quantitative estimate of drug-likeness (QED) is 0.140. The third kappa shape index (κ3) is 7.34. The summed E-state index contributed by atoms with van der Waals surface area (Å²) in [6.07, 6.45) is 0. The fourth-order valence-corrected chi connectivity index (χ4v) is 10.2. The molecule has 1 heteroatoms. The van der Waals surface area contributed by atoms with Crippen molar-refractivity contribution in [1.82, 2.24) is 0 Å². The lowest BCUT2D eigenvalue weighted by molar-refractivity contribution is 1.30. The Hall–Kier alpha value is -8.78. The first kappa shape index (κ1) is 39.8. The molecule has 12 rings (SSSR count). The number of hydrogen-bond donors (Lipinski definition) is 0. The van der Waals surface area contributed by atoms with Crippen LogP contribution in [-0.4, -0.2) is 0 Å². The Morgan fingerprint density at radius 3 is 1.16 bits per heavy atom. The van der Waals surface area contributed by atoms with Crippen LogP contribution in [0.5, 0.6) is 0 Å². The number of nitrogens with zero attached hydrogens (tertiary/aromatic N) is 1. The molecule has 0 aromatic heterocycles. The summed E-state index contributed by atoms with van der Waals surface area (Å²) < 4.78 is 0. The molecule has 1 nitrogen and oxygen atoms in total. The van der Waals surface area contributed by atoms with E-state index in [1.54, 1.807) is 0 Å². The van der Waals surface area contributed by atoms with Gasteiger partial charge in [-0.3, -0.25) is 0 Å². The van der Waals surface area contributed by atoms with Gasteiger partial charge < -0.3 is 4.90 Å². The minimum Gasteiger partial charge on any atom is -0.310 e. The van der Waals surface area contributed by atoms with Crippen molar-refractivity contribution in [3.63, 3.8) is 0 Å². The first-order valence-corrected chi connectivity index (χ1v) is 23.1. The molecule has 12 aromatic carbocycles. The van der Waals surface area contributed by atoms with Crippen LogP contribution < -0.4 is 4.90 Å². The smallest absolute Gasteiger partial charge is 0.0540 e. The summed E-state index contributed by atoms with van der Waals surface area (Å²) in [5.74, 6) is 0. The summed E-state index contributed by atoms with van der Waals surface area (Å²) in [5, 5.41) is 7.35. The second-order valence-corrected chi connectivity index (χ2v) is 17.2. The Labute approximate surface area is 392 Å². The van der Waals surface area contributed by atoms with Gasteiger partial charge in [-0.2, -0.15) is 0 Å². The molecule has 0 fully saturated rings. The SMILES string of the molecule is c1ccc(-c2c(-c3ccccc3)c(-c3ccccc3)c3cc(-c4ccc(N(c5ccc(-c6cccc7ccccc67)cc5)c5cccc6ccccc56)cc4)ccc3c2-c2ccccc2)cc1. The predicted molar refractivity (Wildman–Crippen MR) is 286 cm³/mol. The topological polar surface area (TPSA) is 3.24 Å². The molecule has 0 aliphatic rings. The maximum absolute atomic E-state index is 2.43. The fraction of sp³-hybridized carbons (Fsp3) is 0. The molecule has 0 aliphatic carbocycles. The van der Waals surface area contributed by atoms with Crippen LogP contribution in [0.4, 0.5) is 17.1 Å². The fourth-order valence-electron chi connectivity index (χ4n) is 10.2.